The van der Waals surface area contributed by atoms with Crippen LogP contribution in [0, 0.1) is 5.95 Å². The van der Waals surface area contributed by atoms with E-state index in [2.05, 4.69) is 10.4 Å². The predicted molar refractivity (Wildman–Crippen MR) is 152 cm³/mol. The zero-order valence-electron chi connectivity index (χ0n) is 23.7. The fraction of sp³-hybridized carbons (Fsp3) is 0.448. The second-order valence-electron chi connectivity index (χ2n) is 10.1. The van der Waals surface area contributed by atoms with E-state index in [1.165, 1.54) is 47.1 Å². The van der Waals surface area contributed by atoms with Gasteiger partial charge >= 0.3 is 19.4 Å². The molecule has 3 N–H and O–H groups in total. The zero-order valence-corrected chi connectivity index (χ0v) is 23.7. The molecule has 1 atom stereocenters. The van der Waals surface area contributed by atoms with E-state index in [1.54, 1.807) is 0 Å². The number of alkyl carbamates (subject to hydrolysis) is 1. The smallest absolute Gasteiger partial charge is 0.485 e. The molecule has 0 radical (unpaired) electrons. The molecular weight excluding hydrogens is 573 g/mol. The summed E-state index contributed by atoms with van der Waals surface area (Å²) >= 11 is 0. The van der Waals surface area contributed by atoms with Crippen molar-refractivity contribution >= 4 is 29.7 Å². The first-order chi connectivity index (χ1) is 20.6. The SMILES string of the molecule is CCCCOC(=O)NCCOc1ccc(C(=C(CC(F)(F)F)B(O)O)c2ccc3c(c2)c(F)nn3C2CCCCO2)cc1. The van der Waals surface area contributed by atoms with E-state index >= 15 is 4.39 Å². The molecular formula is C29H34BF4N3O6. The summed E-state index contributed by atoms with van der Waals surface area (Å²) in [5.74, 6) is -0.458. The van der Waals surface area contributed by atoms with Crippen LogP contribution in [0.1, 0.15) is 62.8 Å². The van der Waals surface area contributed by atoms with Gasteiger partial charge in [-0.2, -0.15) is 17.6 Å². The van der Waals surface area contributed by atoms with Crippen LogP contribution in [0.4, 0.5) is 22.4 Å². The van der Waals surface area contributed by atoms with Crippen LogP contribution < -0.4 is 10.1 Å². The van der Waals surface area contributed by atoms with Crippen LogP contribution in [0.3, 0.4) is 0 Å². The number of carbonyl (C=O) groups is 1. The molecule has 1 unspecified atom stereocenters. The summed E-state index contributed by atoms with van der Waals surface area (Å²) < 4.78 is 73.5. The minimum Gasteiger partial charge on any atom is -0.492 e. The van der Waals surface area contributed by atoms with E-state index < -0.39 is 43.5 Å². The number of amides is 1. The van der Waals surface area contributed by atoms with E-state index in [9.17, 15) is 28.0 Å². The van der Waals surface area contributed by atoms with Gasteiger partial charge in [0.25, 0.3) is 0 Å². The number of fused-ring (bicyclic) bond motifs is 1. The number of alkyl halides is 3. The number of carbonyl (C=O) groups excluding carboxylic acids is 1. The van der Waals surface area contributed by atoms with Crippen molar-refractivity contribution in [1.29, 1.82) is 0 Å². The third-order valence-corrected chi connectivity index (χ3v) is 6.92. The molecule has 0 aliphatic carbocycles. The van der Waals surface area contributed by atoms with E-state index in [0.717, 1.165) is 25.7 Å². The lowest BCUT2D eigenvalue weighted by Crippen LogP contribution is -2.29. The zero-order chi connectivity index (χ0) is 31.0. The fourth-order valence-corrected chi connectivity index (χ4v) is 4.86. The van der Waals surface area contributed by atoms with Crippen molar-refractivity contribution in [2.24, 2.45) is 0 Å². The van der Waals surface area contributed by atoms with Crippen LogP contribution >= 0.6 is 0 Å². The van der Waals surface area contributed by atoms with Gasteiger partial charge in [-0.3, -0.25) is 0 Å². The maximum absolute atomic E-state index is 15.0. The highest BCUT2D eigenvalue weighted by Crippen LogP contribution is 2.37. The Labute approximate surface area is 246 Å². The molecule has 14 heteroatoms. The number of hydrogen-bond donors (Lipinski definition) is 3. The minimum absolute atomic E-state index is 0.0589. The Hall–Kier alpha value is -3.62. The molecule has 4 rings (SSSR count). The first kappa shape index (κ1) is 32.3. The number of ether oxygens (including phenoxy) is 3. The molecule has 2 heterocycles. The number of aromatic nitrogens is 2. The lowest BCUT2D eigenvalue weighted by Gasteiger charge is -2.23. The molecule has 43 heavy (non-hydrogen) atoms. The maximum Gasteiger partial charge on any atom is 0.485 e. The fourth-order valence-electron chi connectivity index (χ4n) is 4.86. The second kappa shape index (κ2) is 14.7. The van der Waals surface area contributed by atoms with E-state index in [-0.39, 0.29) is 35.2 Å². The Bertz CT molecular complexity index is 1410. The number of nitrogens with zero attached hydrogens (tertiary/aromatic N) is 2. The van der Waals surface area contributed by atoms with E-state index in [1.807, 2.05) is 6.92 Å². The summed E-state index contributed by atoms with van der Waals surface area (Å²) in [6.07, 6.45) is -3.32. The number of unbranched alkanes of at least 4 members (excludes halogenated alkanes) is 1. The summed E-state index contributed by atoms with van der Waals surface area (Å²) in [6.45, 7) is 3.06. The summed E-state index contributed by atoms with van der Waals surface area (Å²) in [6, 6.07) is 10.3. The number of allylic oxidation sites excluding steroid dienone is 1. The Morgan fingerprint density at radius 3 is 2.53 bits per heavy atom. The standard InChI is InChI=1S/C29H34BF4N3O6/c1-2-3-14-43-28(38)35-13-16-41-21-10-7-19(8-11-21)26(23(30(39)40)18-29(32,33)34)20-9-12-24-22(17-20)27(31)36-37(24)25-6-4-5-15-42-25/h7-12,17,25,39-40H,2-6,13-16,18H2,1H3,(H,35,38). The van der Waals surface area contributed by atoms with Crippen LogP contribution in [0.15, 0.2) is 47.9 Å². The van der Waals surface area contributed by atoms with Crippen molar-refractivity contribution in [2.45, 2.75) is 57.9 Å². The first-order valence-electron chi connectivity index (χ1n) is 14.2. The van der Waals surface area contributed by atoms with Crippen LogP contribution in [0.2, 0.25) is 0 Å². The normalized spacial score (nSPS) is 16.1. The number of nitrogens with one attached hydrogen (secondary N) is 1. The van der Waals surface area contributed by atoms with Crippen LogP contribution in [-0.2, 0) is 9.47 Å². The molecule has 1 aromatic heterocycles. The van der Waals surface area contributed by atoms with Crippen molar-refractivity contribution in [3.8, 4) is 5.75 Å². The van der Waals surface area contributed by atoms with Gasteiger partial charge in [0.15, 0.2) is 6.23 Å². The van der Waals surface area contributed by atoms with Gasteiger partial charge in [0, 0.05) is 6.61 Å². The third-order valence-electron chi connectivity index (χ3n) is 6.92. The number of rotatable bonds is 12. The second-order valence-corrected chi connectivity index (χ2v) is 10.1. The van der Waals surface area contributed by atoms with Gasteiger partial charge in [0.2, 0.25) is 5.95 Å². The van der Waals surface area contributed by atoms with Crippen molar-refractivity contribution in [1.82, 2.24) is 15.1 Å². The van der Waals surface area contributed by atoms with Crippen molar-refractivity contribution in [2.75, 3.05) is 26.4 Å². The average Bonchev–Trinajstić information content (AvgIpc) is 3.31. The third kappa shape index (κ3) is 8.71. The van der Waals surface area contributed by atoms with Gasteiger partial charge in [-0.15, -0.1) is 5.10 Å². The minimum atomic E-state index is -4.75. The van der Waals surface area contributed by atoms with Crippen molar-refractivity contribution < 1.29 is 46.6 Å². The molecule has 1 saturated heterocycles. The molecule has 0 spiro atoms. The molecule has 9 nitrogen and oxygen atoms in total. The average molecular weight is 607 g/mol. The Morgan fingerprint density at radius 2 is 1.88 bits per heavy atom. The number of halogens is 4. The van der Waals surface area contributed by atoms with Crippen LogP contribution in [0.5, 0.6) is 5.75 Å². The predicted octanol–water partition coefficient (Wildman–Crippen LogP) is 5.55. The van der Waals surface area contributed by atoms with Gasteiger partial charge in [0.1, 0.15) is 12.4 Å². The lowest BCUT2D eigenvalue weighted by molar-refractivity contribution is -0.126. The van der Waals surface area contributed by atoms with Gasteiger partial charge < -0.3 is 29.6 Å². The monoisotopic (exact) mass is 607 g/mol. The Kier molecular flexibility index (Phi) is 11.1. The molecule has 2 aromatic carbocycles. The van der Waals surface area contributed by atoms with Crippen LogP contribution in [-0.4, -0.2) is 65.6 Å². The Balaban J connectivity index is 1.61. The largest absolute Gasteiger partial charge is 0.492 e. The molecule has 1 fully saturated rings. The highest BCUT2D eigenvalue weighted by molar-refractivity contribution is 6.53. The number of benzene rings is 2. The van der Waals surface area contributed by atoms with Gasteiger partial charge in [-0.1, -0.05) is 31.5 Å². The van der Waals surface area contributed by atoms with E-state index in [0.29, 0.717) is 30.9 Å². The Morgan fingerprint density at radius 1 is 1.14 bits per heavy atom. The van der Waals surface area contributed by atoms with Gasteiger partial charge in [0.05, 0.1) is 30.5 Å². The van der Waals surface area contributed by atoms with Crippen molar-refractivity contribution in [3.05, 3.63) is 65.0 Å². The van der Waals surface area contributed by atoms with E-state index in [4.69, 9.17) is 14.2 Å². The molecule has 1 aliphatic heterocycles. The van der Waals surface area contributed by atoms with Crippen LogP contribution in [0.25, 0.3) is 16.5 Å². The summed E-state index contributed by atoms with van der Waals surface area (Å²) in [7, 11) is -2.44. The van der Waals surface area contributed by atoms with Crippen molar-refractivity contribution in [3.63, 3.8) is 0 Å². The molecule has 232 valence electrons. The molecule has 3 aromatic rings. The quantitative estimate of drug-likeness (QED) is 0.141. The highest BCUT2D eigenvalue weighted by Gasteiger charge is 2.35. The first-order valence-corrected chi connectivity index (χ1v) is 14.2. The maximum atomic E-state index is 15.0. The molecule has 0 bridgehead atoms. The molecule has 0 saturated carbocycles. The summed E-state index contributed by atoms with van der Waals surface area (Å²) in [5, 5.41) is 26.7. The lowest BCUT2D eigenvalue weighted by atomic mass is 9.71. The molecule has 1 aliphatic rings. The topological polar surface area (TPSA) is 115 Å². The molecule has 1 amide bonds. The van der Waals surface area contributed by atoms with Gasteiger partial charge in [-0.05, 0) is 72.1 Å². The summed E-state index contributed by atoms with van der Waals surface area (Å²) in [5.41, 5.74) is -0.0449. The summed E-state index contributed by atoms with van der Waals surface area (Å²) in [4.78, 5) is 11.6. The van der Waals surface area contributed by atoms with Gasteiger partial charge in [-0.25, -0.2) is 9.48 Å². The number of hydrogen-bond acceptors (Lipinski definition) is 7. The highest BCUT2D eigenvalue weighted by atomic mass is 19.4.